The lowest BCUT2D eigenvalue weighted by atomic mass is 9.90. The zero-order valence-electron chi connectivity index (χ0n) is 29.8. The Bertz CT molecular complexity index is 2730. The number of aryl methyl sites for hydroxylation is 3. The van der Waals surface area contributed by atoms with Crippen LogP contribution in [-0.4, -0.2) is 4.57 Å². The average molecular weight is 666 g/mol. The fourth-order valence-corrected chi connectivity index (χ4v) is 8.05. The number of hydrogen-bond acceptors (Lipinski definition) is 0. The van der Waals surface area contributed by atoms with Gasteiger partial charge in [-0.2, -0.15) is 0 Å². The minimum atomic E-state index is 1.22. The van der Waals surface area contributed by atoms with E-state index in [0.717, 1.165) is 0 Å². The van der Waals surface area contributed by atoms with E-state index >= 15 is 0 Å². The van der Waals surface area contributed by atoms with E-state index in [1.54, 1.807) is 0 Å². The lowest BCUT2D eigenvalue weighted by Gasteiger charge is -2.15. The van der Waals surface area contributed by atoms with E-state index in [0.29, 0.717) is 0 Å². The molecule has 0 saturated heterocycles. The van der Waals surface area contributed by atoms with E-state index in [1.165, 1.54) is 99.7 Å². The van der Waals surface area contributed by atoms with E-state index < -0.39 is 0 Å². The summed E-state index contributed by atoms with van der Waals surface area (Å²) in [6.45, 7) is 4.48. The lowest BCUT2D eigenvalue weighted by Crippen LogP contribution is -1.95. The molecule has 1 aromatic heterocycles. The van der Waals surface area contributed by atoms with Crippen LogP contribution in [-0.2, 0) is 7.05 Å². The third kappa shape index (κ3) is 5.52. The van der Waals surface area contributed by atoms with Gasteiger partial charge < -0.3 is 4.57 Å². The molecule has 0 fully saturated rings. The molecule has 1 heterocycles. The highest BCUT2D eigenvalue weighted by atomic mass is 14.9. The van der Waals surface area contributed by atoms with E-state index in [9.17, 15) is 0 Å². The van der Waals surface area contributed by atoms with Gasteiger partial charge in [-0.25, -0.2) is 0 Å². The molecule has 1 nitrogen and oxygen atoms in total. The molecule has 0 aliphatic carbocycles. The average Bonchev–Trinajstić information content (AvgIpc) is 3.49. The van der Waals surface area contributed by atoms with Crippen LogP contribution in [0, 0.1) is 13.8 Å². The quantitative estimate of drug-likeness (QED) is 0.167. The Balaban J connectivity index is 1.31. The predicted octanol–water partition coefficient (Wildman–Crippen LogP) is 14.0. The second-order valence-electron chi connectivity index (χ2n) is 13.9. The first-order chi connectivity index (χ1) is 25.5. The number of fused-ring (bicyclic) bond motifs is 3. The van der Waals surface area contributed by atoms with Gasteiger partial charge >= 0.3 is 0 Å². The summed E-state index contributed by atoms with van der Waals surface area (Å²) < 4.78 is 2.45. The fraction of sp³-hybridized carbons (Fsp3) is 0.0588. The second-order valence-corrected chi connectivity index (χ2v) is 13.9. The van der Waals surface area contributed by atoms with Gasteiger partial charge in [-0.3, -0.25) is 0 Å². The molecule has 9 rings (SSSR count). The minimum absolute atomic E-state index is 1.22. The highest BCUT2D eigenvalue weighted by Gasteiger charge is 2.21. The number of aromatic nitrogens is 1. The second kappa shape index (κ2) is 13.0. The smallest absolute Gasteiger partial charge is 0.0569 e. The molecule has 9 aromatic rings. The van der Waals surface area contributed by atoms with E-state index in [4.69, 9.17) is 0 Å². The van der Waals surface area contributed by atoms with Crippen LogP contribution in [0.15, 0.2) is 182 Å². The molecule has 0 aliphatic heterocycles. The van der Waals surface area contributed by atoms with E-state index in [1.807, 2.05) is 0 Å². The molecule has 52 heavy (non-hydrogen) atoms. The summed E-state index contributed by atoms with van der Waals surface area (Å²) >= 11 is 0. The Kier molecular flexibility index (Phi) is 7.90. The Hall–Kier alpha value is -6.44. The largest absolute Gasteiger partial charge is 0.343 e. The van der Waals surface area contributed by atoms with Gasteiger partial charge in [-0.05, 0) is 111 Å². The Morgan fingerprint density at radius 1 is 0.288 bits per heavy atom. The van der Waals surface area contributed by atoms with E-state index in [2.05, 4.69) is 207 Å². The van der Waals surface area contributed by atoms with Gasteiger partial charge in [0.15, 0.2) is 0 Å². The molecule has 0 aliphatic rings. The molecule has 1 heteroatoms. The van der Waals surface area contributed by atoms with Crippen molar-refractivity contribution in [3.05, 3.63) is 193 Å². The van der Waals surface area contributed by atoms with Crippen LogP contribution >= 0.6 is 0 Å². The maximum Gasteiger partial charge on any atom is 0.0569 e. The molecule has 0 spiro atoms. The third-order valence-corrected chi connectivity index (χ3v) is 10.6. The monoisotopic (exact) mass is 665 g/mol. The van der Waals surface area contributed by atoms with Crippen LogP contribution in [0.3, 0.4) is 0 Å². The van der Waals surface area contributed by atoms with Gasteiger partial charge in [-0.1, -0.05) is 152 Å². The van der Waals surface area contributed by atoms with Crippen molar-refractivity contribution in [3.8, 4) is 66.8 Å². The summed E-state index contributed by atoms with van der Waals surface area (Å²) in [5.41, 5.74) is 19.8. The molecule has 0 saturated carbocycles. The molecule has 0 amide bonds. The van der Waals surface area contributed by atoms with Gasteiger partial charge in [-0.15, -0.1) is 0 Å². The summed E-state index contributed by atoms with van der Waals surface area (Å²) in [6.07, 6.45) is 0. The standard InChI is InChI=1S/C51H39N/c1-34-16-13-14-25-44(34)46-30-42(37-19-9-5-10-20-37)32-48-49-33-43(38-21-11-6-12-22-38)31-47(51(49)52(3)50(46)48)45-27-26-41(28-35(45)2)40-24-15-23-39(29-40)36-17-7-4-8-18-36/h4-33H,1-3H3. The van der Waals surface area contributed by atoms with Crippen LogP contribution in [0.1, 0.15) is 11.1 Å². The van der Waals surface area contributed by atoms with Gasteiger partial charge in [0, 0.05) is 28.9 Å². The Morgan fingerprint density at radius 2 is 0.712 bits per heavy atom. The third-order valence-electron chi connectivity index (χ3n) is 10.6. The van der Waals surface area contributed by atoms with Crippen LogP contribution in [0.2, 0.25) is 0 Å². The molecule has 248 valence electrons. The number of rotatable bonds is 6. The summed E-state index contributed by atoms with van der Waals surface area (Å²) in [4.78, 5) is 0. The van der Waals surface area contributed by atoms with Gasteiger partial charge in [0.1, 0.15) is 0 Å². The van der Waals surface area contributed by atoms with Crippen molar-refractivity contribution in [2.24, 2.45) is 7.05 Å². The SMILES string of the molecule is Cc1ccccc1-c1cc(-c2ccccc2)cc2c3cc(-c4ccccc4)cc(-c4ccc(-c5cccc(-c6ccccc6)c5)cc4C)c3n(C)c12. The van der Waals surface area contributed by atoms with Crippen molar-refractivity contribution in [2.45, 2.75) is 13.8 Å². The molecule has 0 unspecified atom stereocenters. The molecule has 0 bridgehead atoms. The molecular formula is C51H39N. The van der Waals surface area contributed by atoms with E-state index in [-0.39, 0.29) is 0 Å². The zero-order chi connectivity index (χ0) is 35.2. The van der Waals surface area contributed by atoms with Crippen LogP contribution in [0.4, 0.5) is 0 Å². The van der Waals surface area contributed by atoms with Gasteiger partial charge in [0.25, 0.3) is 0 Å². The Morgan fingerprint density at radius 3 is 1.23 bits per heavy atom. The zero-order valence-corrected chi connectivity index (χ0v) is 29.8. The first-order valence-corrected chi connectivity index (χ1v) is 18.1. The van der Waals surface area contributed by atoms with Crippen molar-refractivity contribution >= 4 is 21.8 Å². The van der Waals surface area contributed by atoms with Gasteiger partial charge in [0.2, 0.25) is 0 Å². The number of hydrogen-bond donors (Lipinski definition) is 0. The summed E-state index contributed by atoms with van der Waals surface area (Å²) in [6, 6.07) is 66.5. The van der Waals surface area contributed by atoms with Crippen molar-refractivity contribution in [2.75, 3.05) is 0 Å². The van der Waals surface area contributed by atoms with Crippen molar-refractivity contribution in [3.63, 3.8) is 0 Å². The molecule has 8 aromatic carbocycles. The Labute approximate surface area is 306 Å². The highest BCUT2D eigenvalue weighted by Crippen LogP contribution is 2.45. The first-order valence-electron chi connectivity index (χ1n) is 18.1. The topological polar surface area (TPSA) is 4.93 Å². The van der Waals surface area contributed by atoms with Crippen molar-refractivity contribution in [1.29, 1.82) is 0 Å². The van der Waals surface area contributed by atoms with Crippen LogP contribution in [0.5, 0.6) is 0 Å². The maximum atomic E-state index is 2.45. The minimum Gasteiger partial charge on any atom is -0.343 e. The van der Waals surface area contributed by atoms with Crippen LogP contribution < -0.4 is 0 Å². The lowest BCUT2D eigenvalue weighted by molar-refractivity contribution is 1.02. The maximum absolute atomic E-state index is 2.45. The first kappa shape index (κ1) is 31.5. The molecule has 0 radical (unpaired) electrons. The fourth-order valence-electron chi connectivity index (χ4n) is 8.05. The number of nitrogens with zero attached hydrogens (tertiary/aromatic N) is 1. The summed E-state index contributed by atoms with van der Waals surface area (Å²) in [7, 11) is 2.25. The van der Waals surface area contributed by atoms with Crippen LogP contribution in [0.25, 0.3) is 88.6 Å². The molecule has 0 atom stereocenters. The normalized spacial score (nSPS) is 11.4. The highest BCUT2D eigenvalue weighted by molar-refractivity contribution is 6.18. The summed E-state index contributed by atoms with van der Waals surface area (Å²) in [5.74, 6) is 0. The van der Waals surface area contributed by atoms with Crippen molar-refractivity contribution in [1.82, 2.24) is 4.57 Å². The molecular weight excluding hydrogens is 627 g/mol. The van der Waals surface area contributed by atoms with Gasteiger partial charge in [0.05, 0.1) is 11.0 Å². The molecule has 0 N–H and O–H groups in total. The number of benzene rings is 8. The summed E-state index contributed by atoms with van der Waals surface area (Å²) in [5, 5.41) is 2.53. The van der Waals surface area contributed by atoms with Crippen molar-refractivity contribution < 1.29 is 0 Å². The predicted molar refractivity (Wildman–Crippen MR) is 223 cm³/mol.